The van der Waals surface area contributed by atoms with E-state index >= 15 is 0 Å². The van der Waals surface area contributed by atoms with E-state index in [2.05, 4.69) is 4.99 Å². The van der Waals surface area contributed by atoms with Crippen LogP contribution in [0.1, 0.15) is 55.6 Å². The predicted molar refractivity (Wildman–Crippen MR) is 90.8 cm³/mol. The molecule has 1 atom stereocenters. The van der Waals surface area contributed by atoms with Gasteiger partial charge in [-0.3, -0.25) is 9.79 Å². The molecule has 1 unspecified atom stereocenters. The largest absolute Gasteiger partial charge is 0.478 e. The van der Waals surface area contributed by atoms with Crippen molar-refractivity contribution < 1.29 is 19.8 Å². The van der Waals surface area contributed by atoms with Crippen LogP contribution in [-0.4, -0.2) is 33.7 Å². The fourth-order valence-corrected chi connectivity index (χ4v) is 2.18. The molecular formula is C18H23NO4. The smallest absolute Gasteiger partial charge is 0.336 e. The predicted octanol–water partition coefficient (Wildman–Crippen LogP) is 3.11. The summed E-state index contributed by atoms with van der Waals surface area (Å²) in [5.74, 6) is -1.31. The Kier molecular flexibility index (Phi) is 6.85. The molecule has 5 nitrogen and oxygen atoms in total. The number of aliphatic hydroxyl groups is 1. The molecule has 23 heavy (non-hydrogen) atoms. The van der Waals surface area contributed by atoms with Gasteiger partial charge in [-0.2, -0.15) is 0 Å². The van der Waals surface area contributed by atoms with E-state index in [4.69, 9.17) is 0 Å². The highest BCUT2D eigenvalue weighted by Crippen LogP contribution is 2.24. The van der Waals surface area contributed by atoms with E-state index in [0.29, 0.717) is 16.7 Å². The minimum Gasteiger partial charge on any atom is -0.478 e. The van der Waals surface area contributed by atoms with Gasteiger partial charge in [0.1, 0.15) is 5.71 Å². The van der Waals surface area contributed by atoms with Gasteiger partial charge in [-0.1, -0.05) is 19.1 Å². The number of aliphatic imine (C=N–C) groups is 1. The third kappa shape index (κ3) is 4.60. The van der Waals surface area contributed by atoms with Crippen LogP contribution >= 0.6 is 0 Å². The number of hydrogen-bond donors (Lipinski definition) is 2. The molecule has 0 fully saturated rings. The normalized spacial score (nSPS) is 13.8. The first-order valence-corrected chi connectivity index (χ1v) is 7.58. The Labute approximate surface area is 136 Å². The molecule has 0 aromatic heterocycles. The third-order valence-electron chi connectivity index (χ3n) is 3.60. The second-order valence-corrected chi connectivity index (χ2v) is 5.34. The Morgan fingerprint density at radius 2 is 1.96 bits per heavy atom. The van der Waals surface area contributed by atoms with Gasteiger partial charge in [0.25, 0.3) is 0 Å². The summed E-state index contributed by atoms with van der Waals surface area (Å²) in [7, 11) is 0. The van der Waals surface area contributed by atoms with Crippen LogP contribution in [0.25, 0.3) is 5.57 Å². The van der Waals surface area contributed by atoms with Gasteiger partial charge in [0.2, 0.25) is 0 Å². The van der Waals surface area contributed by atoms with Gasteiger partial charge in [-0.05, 0) is 43.5 Å². The van der Waals surface area contributed by atoms with Gasteiger partial charge in [-0.15, -0.1) is 0 Å². The molecule has 0 heterocycles. The monoisotopic (exact) mass is 317 g/mol. The second-order valence-electron chi connectivity index (χ2n) is 5.34. The number of allylic oxidation sites excluding steroid dienone is 2. The molecule has 0 amide bonds. The van der Waals surface area contributed by atoms with E-state index in [0.717, 1.165) is 6.42 Å². The average Bonchev–Trinajstić information content (AvgIpc) is 2.53. The summed E-state index contributed by atoms with van der Waals surface area (Å²) in [5.41, 5.74) is 1.79. The number of benzene rings is 1. The van der Waals surface area contributed by atoms with Crippen molar-refractivity contribution in [3.8, 4) is 0 Å². The number of rotatable bonds is 7. The zero-order chi connectivity index (χ0) is 17.6. The van der Waals surface area contributed by atoms with E-state index in [1.165, 1.54) is 13.0 Å². The number of carboxylic acids is 1. The fourth-order valence-electron chi connectivity index (χ4n) is 2.18. The van der Waals surface area contributed by atoms with Crippen molar-refractivity contribution in [2.45, 2.75) is 46.8 Å². The second kappa shape index (κ2) is 8.39. The lowest BCUT2D eigenvalue weighted by atomic mass is 9.92. The Hall–Kier alpha value is -2.27. The van der Waals surface area contributed by atoms with Gasteiger partial charge in [0.05, 0.1) is 12.2 Å². The summed E-state index contributed by atoms with van der Waals surface area (Å²) >= 11 is 0. The quantitative estimate of drug-likeness (QED) is 0.756. The van der Waals surface area contributed by atoms with E-state index < -0.39 is 5.97 Å². The van der Waals surface area contributed by atoms with Crippen LogP contribution in [0.3, 0.4) is 0 Å². The number of carboxylic acid groups (broad SMARTS) is 1. The molecule has 0 aliphatic rings. The molecule has 1 aromatic carbocycles. The SMILES string of the molecule is C/C=C(\C(=NC(C)CC)C(C)=O)c1cc(CO)ccc1C(=O)O. The molecule has 124 valence electrons. The lowest BCUT2D eigenvalue weighted by Crippen LogP contribution is -2.17. The van der Waals surface area contributed by atoms with Crippen molar-refractivity contribution in [2.24, 2.45) is 4.99 Å². The minimum atomic E-state index is -1.09. The average molecular weight is 317 g/mol. The van der Waals surface area contributed by atoms with Crippen LogP contribution in [0.2, 0.25) is 0 Å². The van der Waals surface area contributed by atoms with E-state index in [-0.39, 0.29) is 29.7 Å². The van der Waals surface area contributed by atoms with Crippen molar-refractivity contribution in [3.05, 3.63) is 41.0 Å². The van der Waals surface area contributed by atoms with Crippen LogP contribution in [0, 0.1) is 0 Å². The first-order valence-electron chi connectivity index (χ1n) is 7.58. The highest BCUT2D eigenvalue weighted by Gasteiger charge is 2.20. The van der Waals surface area contributed by atoms with Crippen LogP contribution in [-0.2, 0) is 11.4 Å². The maximum atomic E-state index is 12.0. The lowest BCUT2D eigenvalue weighted by Gasteiger charge is -2.15. The van der Waals surface area contributed by atoms with E-state index in [1.54, 1.807) is 25.1 Å². The molecule has 0 radical (unpaired) electrons. The van der Waals surface area contributed by atoms with Crippen LogP contribution in [0.4, 0.5) is 0 Å². The zero-order valence-electron chi connectivity index (χ0n) is 14.0. The van der Waals surface area contributed by atoms with Crippen molar-refractivity contribution in [1.82, 2.24) is 0 Å². The number of hydrogen-bond acceptors (Lipinski definition) is 4. The molecule has 1 aromatic rings. The minimum absolute atomic E-state index is 0.0434. The molecule has 0 saturated heterocycles. The van der Waals surface area contributed by atoms with Crippen molar-refractivity contribution in [1.29, 1.82) is 0 Å². The molecule has 0 saturated carbocycles. The maximum absolute atomic E-state index is 12.0. The van der Waals surface area contributed by atoms with Gasteiger partial charge >= 0.3 is 5.97 Å². The van der Waals surface area contributed by atoms with Gasteiger partial charge in [0, 0.05) is 18.5 Å². The van der Waals surface area contributed by atoms with Crippen LogP contribution < -0.4 is 0 Å². The first kappa shape index (κ1) is 18.8. The number of aliphatic hydroxyl groups excluding tert-OH is 1. The molecule has 0 spiro atoms. The Morgan fingerprint density at radius 1 is 1.30 bits per heavy atom. The highest BCUT2D eigenvalue weighted by atomic mass is 16.4. The molecule has 0 bridgehead atoms. The lowest BCUT2D eigenvalue weighted by molar-refractivity contribution is -0.111. The third-order valence-corrected chi connectivity index (χ3v) is 3.60. The number of carbonyl (C=O) groups excluding carboxylic acids is 1. The molecule has 1 rings (SSSR count). The zero-order valence-corrected chi connectivity index (χ0v) is 14.0. The molecule has 0 aliphatic carbocycles. The molecule has 0 aliphatic heterocycles. The summed E-state index contributed by atoms with van der Waals surface area (Å²) in [6, 6.07) is 4.54. The number of ketones is 1. The summed E-state index contributed by atoms with van der Waals surface area (Å²) in [4.78, 5) is 28.0. The first-order chi connectivity index (χ1) is 10.8. The van der Waals surface area contributed by atoms with E-state index in [9.17, 15) is 19.8 Å². The maximum Gasteiger partial charge on any atom is 0.336 e. The number of carbonyl (C=O) groups is 2. The van der Waals surface area contributed by atoms with Gasteiger partial charge in [0.15, 0.2) is 5.78 Å². The number of Topliss-reactive ketones (excluding diaryl/α,β-unsaturated/α-hetero) is 1. The van der Waals surface area contributed by atoms with Gasteiger partial charge < -0.3 is 10.2 Å². The number of aromatic carboxylic acids is 1. The standard InChI is InChI=1S/C18H23NO4/c1-5-11(3)19-17(12(4)21)14(6-2)16-9-13(10-20)7-8-15(16)18(22)23/h6-9,11,20H,5,10H2,1-4H3,(H,22,23)/b14-6-,19-17?. The van der Waals surface area contributed by atoms with E-state index in [1.807, 2.05) is 13.8 Å². The summed E-state index contributed by atoms with van der Waals surface area (Å²) in [6.07, 6.45) is 2.46. The molecule has 2 N–H and O–H groups in total. The molecular weight excluding hydrogens is 294 g/mol. The summed E-state index contributed by atoms with van der Waals surface area (Å²) in [5, 5.41) is 18.7. The highest BCUT2D eigenvalue weighted by molar-refractivity contribution is 6.56. The van der Waals surface area contributed by atoms with Gasteiger partial charge in [-0.25, -0.2) is 4.79 Å². The summed E-state index contributed by atoms with van der Waals surface area (Å²) < 4.78 is 0. The van der Waals surface area contributed by atoms with Crippen molar-refractivity contribution in [3.63, 3.8) is 0 Å². The Morgan fingerprint density at radius 3 is 2.39 bits per heavy atom. The topological polar surface area (TPSA) is 87.0 Å². The van der Waals surface area contributed by atoms with Crippen molar-refractivity contribution >= 4 is 23.0 Å². The van der Waals surface area contributed by atoms with Crippen LogP contribution in [0.5, 0.6) is 0 Å². The number of nitrogens with zero attached hydrogens (tertiary/aromatic N) is 1. The van der Waals surface area contributed by atoms with Crippen LogP contribution in [0.15, 0.2) is 29.3 Å². The Balaban J connectivity index is 3.58. The fraction of sp³-hybridized carbons (Fsp3) is 0.389. The Bertz CT molecular complexity index is 659. The summed E-state index contributed by atoms with van der Waals surface area (Å²) in [6.45, 7) is 6.82. The van der Waals surface area contributed by atoms with Crippen molar-refractivity contribution in [2.75, 3.05) is 0 Å². The molecule has 5 heteroatoms.